The first-order valence-corrected chi connectivity index (χ1v) is 7.87. The molecule has 0 bridgehead atoms. The Hall–Kier alpha value is -1.67. The van der Waals surface area contributed by atoms with Gasteiger partial charge in [-0.3, -0.25) is 20.2 Å². The second-order valence-corrected chi connectivity index (χ2v) is 6.45. The smallest absolute Gasteiger partial charge is 0.280 e. The van der Waals surface area contributed by atoms with Crippen molar-refractivity contribution in [1.29, 1.82) is 0 Å². The number of benzene rings is 1. The summed E-state index contributed by atoms with van der Waals surface area (Å²) in [4.78, 5) is 20.5. The van der Waals surface area contributed by atoms with E-state index in [0.717, 1.165) is 25.5 Å². The number of thioether (sulfide) groups is 1. The Kier molecular flexibility index (Phi) is 4.79. The number of nitrogens with one attached hydrogen (secondary N) is 1. The summed E-state index contributed by atoms with van der Waals surface area (Å²) in [5, 5.41) is 25.0. The highest BCUT2D eigenvalue weighted by Crippen LogP contribution is 2.42. The molecule has 0 atom stereocenters. The van der Waals surface area contributed by atoms with Crippen molar-refractivity contribution in [1.82, 2.24) is 5.32 Å². The SMILES string of the molecule is CSC1(CNCc2ccc([N+](=O)[O-])cc2[N+](=O)[O-])CCC1. The van der Waals surface area contributed by atoms with Crippen molar-refractivity contribution in [2.45, 2.75) is 30.6 Å². The number of hydrogen-bond acceptors (Lipinski definition) is 6. The maximum Gasteiger partial charge on any atom is 0.280 e. The molecule has 1 N–H and O–H groups in total. The molecular weight excluding hydrogens is 294 g/mol. The number of rotatable bonds is 7. The first-order chi connectivity index (χ1) is 9.97. The minimum Gasteiger partial charge on any atom is -0.311 e. The lowest BCUT2D eigenvalue weighted by molar-refractivity contribution is -0.394. The highest BCUT2D eigenvalue weighted by molar-refractivity contribution is 8.00. The predicted octanol–water partition coefficient (Wildman–Crippen LogP) is 2.88. The quantitative estimate of drug-likeness (QED) is 0.614. The van der Waals surface area contributed by atoms with Gasteiger partial charge in [0, 0.05) is 29.5 Å². The van der Waals surface area contributed by atoms with Gasteiger partial charge in [0.25, 0.3) is 11.4 Å². The molecule has 1 aliphatic carbocycles. The van der Waals surface area contributed by atoms with E-state index in [1.807, 2.05) is 11.8 Å². The molecule has 1 aliphatic rings. The predicted molar refractivity (Wildman–Crippen MR) is 81.6 cm³/mol. The number of nitro groups is 2. The summed E-state index contributed by atoms with van der Waals surface area (Å²) in [6, 6.07) is 3.78. The maximum absolute atomic E-state index is 11.0. The van der Waals surface area contributed by atoms with E-state index in [-0.39, 0.29) is 16.1 Å². The third-order valence-corrected chi connectivity index (χ3v) is 5.36. The Bertz CT molecular complexity index is 555. The van der Waals surface area contributed by atoms with Crippen LogP contribution in [0.3, 0.4) is 0 Å². The zero-order valence-electron chi connectivity index (χ0n) is 11.7. The van der Waals surface area contributed by atoms with E-state index >= 15 is 0 Å². The van der Waals surface area contributed by atoms with Crippen molar-refractivity contribution in [3.05, 3.63) is 44.0 Å². The van der Waals surface area contributed by atoms with Crippen LogP contribution in [0, 0.1) is 20.2 Å². The van der Waals surface area contributed by atoms with E-state index in [4.69, 9.17) is 0 Å². The molecule has 114 valence electrons. The summed E-state index contributed by atoms with van der Waals surface area (Å²) in [6.07, 6.45) is 5.61. The van der Waals surface area contributed by atoms with Gasteiger partial charge < -0.3 is 5.32 Å². The highest BCUT2D eigenvalue weighted by Gasteiger charge is 2.35. The summed E-state index contributed by atoms with van der Waals surface area (Å²) in [5.41, 5.74) is 0.00899. The largest absolute Gasteiger partial charge is 0.311 e. The van der Waals surface area contributed by atoms with Gasteiger partial charge in [-0.2, -0.15) is 11.8 Å². The lowest BCUT2D eigenvalue weighted by Gasteiger charge is -2.40. The van der Waals surface area contributed by atoms with Crippen LogP contribution < -0.4 is 5.32 Å². The fourth-order valence-electron chi connectivity index (χ4n) is 2.43. The Morgan fingerprint density at radius 3 is 2.48 bits per heavy atom. The second kappa shape index (κ2) is 6.40. The monoisotopic (exact) mass is 311 g/mol. The molecule has 0 unspecified atom stereocenters. The molecule has 2 rings (SSSR count). The van der Waals surface area contributed by atoms with Crippen LogP contribution in [0.4, 0.5) is 11.4 Å². The fourth-order valence-corrected chi connectivity index (χ4v) is 3.38. The normalized spacial score (nSPS) is 16.2. The lowest BCUT2D eigenvalue weighted by Crippen LogP contribution is -2.43. The molecule has 1 aromatic carbocycles. The third kappa shape index (κ3) is 3.51. The molecule has 0 amide bonds. The van der Waals surface area contributed by atoms with Crippen LogP contribution in [0.2, 0.25) is 0 Å². The molecule has 1 fully saturated rings. The van der Waals surface area contributed by atoms with Gasteiger partial charge in [0.05, 0.1) is 15.9 Å². The Morgan fingerprint density at radius 2 is 2.00 bits per heavy atom. The van der Waals surface area contributed by atoms with E-state index in [1.54, 1.807) is 0 Å². The van der Waals surface area contributed by atoms with Crippen LogP contribution in [0.15, 0.2) is 18.2 Å². The van der Waals surface area contributed by atoms with Crippen molar-refractivity contribution in [2.24, 2.45) is 0 Å². The number of non-ortho nitro benzene ring substituents is 1. The van der Waals surface area contributed by atoms with Gasteiger partial charge in [0.15, 0.2) is 0 Å². The molecule has 0 spiro atoms. The first kappa shape index (κ1) is 15.7. The Labute approximate surface area is 126 Å². The van der Waals surface area contributed by atoms with E-state index in [1.165, 1.54) is 18.6 Å². The summed E-state index contributed by atoms with van der Waals surface area (Å²) >= 11 is 1.83. The number of nitrogens with zero attached hydrogens (tertiary/aromatic N) is 2. The second-order valence-electron chi connectivity index (χ2n) is 5.17. The van der Waals surface area contributed by atoms with E-state index in [0.29, 0.717) is 12.1 Å². The van der Waals surface area contributed by atoms with Crippen LogP contribution in [0.5, 0.6) is 0 Å². The maximum atomic E-state index is 11.0. The van der Waals surface area contributed by atoms with Crippen LogP contribution in [-0.4, -0.2) is 27.4 Å². The molecule has 0 aromatic heterocycles. The standard InChI is InChI=1S/C13H17N3O4S/c1-21-13(5-2-6-13)9-14-8-10-3-4-11(15(17)18)7-12(10)16(19)20/h3-4,7,14H,2,5-6,8-9H2,1H3. The summed E-state index contributed by atoms with van der Waals surface area (Å²) in [5.74, 6) is 0. The van der Waals surface area contributed by atoms with Crippen LogP contribution >= 0.6 is 11.8 Å². The average molecular weight is 311 g/mol. The molecule has 8 heteroatoms. The number of hydrogen-bond donors (Lipinski definition) is 1. The van der Waals surface area contributed by atoms with Crippen molar-refractivity contribution >= 4 is 23.1 Å². The van der Waals surface area contributed by atoms with Crippen molar-refractivity contribution in [3.8, 4) is 0 Å². The summed E-state index contributed by atoms with van der Waals surface area (Å²) in [7, 11) is 0. The summed E-state index contributed by atoms with van der Waals surface area (Å²) < 4.78 is 0.246. The topological polar surface area (TPSA) is 98.3 Å². The zero-order valence-corrected chi connectivity index (χ0v) is 12.5. The Morgan fingerprint density at radius 1 is 1.29 bits per heavy atom. The van der Waals surface area contributed by atoms with Gasteiger partial charge in [0.1, 0.15) is 0 Å². The molecule has 1 saturated carbocycles. The molecule has 7 nitrogen and oxygen atoms in total. The van der Waals surface area contributed by atoms with E-state index in [9.17, 15) is 20.2 Å². The Balaban J connectivity index is 2.05. The van der Waals surface area contributed by atoms with Crippen LogP contribution in [0.1, 0.15) is 24.8 Å². The van der Waals surface area contributed by atoms with Gasteiger partial charge in [0.2, 0.25) is 0 Å². The third-order valence-electron chi connectivity index (χ3n) is 3.94. The molecule has 21 heavy (non-hydrogen) atoms. The van der Waals surface area contributed by atoms with E-state index < -0.39 is 9.85 Å². The van der Waals surface area contributed by atoms with Crippen LogP contribution in [0.25, 0.3) is 0 Å². The molecule has 0 heterocycles. The van der Waals surface area contributed by atoms with Crippen LogP contribution in [-0.2, 0) is 6.54 Å². The highest BCUT2D eigenvalue weighted by atomic mass is 32.2. The van der Waals surface area contributed by atoms with Gasteiger partial charge in [-0.25, -0.2) is 0 Å². The molecule has 0 saturated heterocycles. The first-order valence-electron chi connectivity index (χ1n) is 6.65. The van der Waals surface area contributed by atoms with Crippen molar-refractivity contribution in [3.63, 3.8) is 0 Å². The fraction of sp³-hybridized carbons (Fsp3) is 0.538. The molecule has 0 radical (unpaired) electrons. The zero-order chi connectivity index (χ0) is 15.5. The van der Waals surface area contributed by atoms with Gasteiger partial charge >= 0.3 is 0 Å². The molecule has 0 aliphatic heterocycles. The van der Waals surface area contributed by atoms with Gasteiger partial charge in [-0.05, 0) is 25.2 Å². The number of nitro benzene ring substituents is 2. The average Bonchev–Trinajstić information content (AvgIpc) is 2.41. The minimum atomic E-state index is -0.624. The molecule has 1 aromatic rings. The van der Waals surface area contributed by atoms with Gasteiger partial charge in [-0.15, -0.1) is 0 Å². The van der Waals surface area contributed by atoms with Crippen molar-refractivity contribution < 1.29 is 9.85 Å². The minimum absolute atomic E-state index is 0.205. The van der Waals surface area contributed by atoms with Gasteiger partial charge in [-0.1, -0.05) is 6.42 Å². The lowest BCUT2D eigenvalue weighted by atomic mass is 9.84. The summed E-state index contributed by atoms with van der Waals surface area (Å²) in [6.45, 7) is 1.14. The van der Waals surface area contributed by atoms with E-state index in [2.05, 4.69) is 11.6 Å². The molecular formula is C13H17N3O4S. The van der Waals surface area contributed by atoms with Crippen molar-refractivity contribution in [2.75, 3.05) is 12.8 Å².